The van der Waals surface area contributed by atoms with Crippen molar-refractivity contribution in [2.45, 2.75) is 24.8 Å². The van der Waals surface area contributed by atoms with Crippen LogP contribution < -0.4 is 5.73 Å². The number of benzene rings is 1. The van der Waals surface area contributed by atoms with Gasteiger partial charge in [-0.05, 0) is 25.6 Å². The second-order valence-corrected chi connectivity index (χ2v) is 7.87. The van der Waals surface area contributed by atoms with E-state index in [1.165, 1.54) is 16.4 Å². The molecule has 0 saturated carbocycles. The van der Waals surface area contributed by atoms with E-state index >= 15 is 0 Å². The zero-order valence-corrected chi connectivity index (χ0v) is 14.3. The molecule has 1 aliphatic rings. The fraction of sp³-hybridized carbons (Fsp3) is 0.538. The molecular formula is C13H19Cl2N3O2S. The van der Waals surface area contributed by atoms with Gasteiger partial charge in [-0.3, -0.25) is 4.90 Å². The molecule has 1 atom stereocenters. The van der Waals surface area contributed by atoms with Crippen LogP contribution in [-0.2, 0) is 10.0 Å². The Bertz CT molecular complexity index is 613. The molecule has 1 aliphatic heterocycles. The van der Waals surface area contributed by atoms with E-state index in [1.54, 1.807) is 0 Å². The first-order valence-electron chi connectivity index (χ1n) is 6.76. The number of rotatable bonds is 3. The SMILES string of the molecule is CCN1CCN(S(=O)(=O)c2c(N)cc(Cl)cc2Cl)CC1C. The van der Waals surface area contributed by atoms with Gasteiger partial charge in [0.15, 0.2) is 0 Å². The summed E-state index contributed by atoms with van der Waals surface area (Å²) >= 11 is 11.9. The van der Waals surface area contributed by atoms with E-state index in [9.17, 15) is 8.42 Å². The van der Waals surface area contributed by atoms with Crippen LogP contribution >= 0.6 is 23.2 Å². The van der Waals surface area contributed by atoms with Crippen LogP contribution in [-0.4, -0.2) is 49.8 Å². The Morgan fingerprint density at radius 2 is 2.00 bits per heavy atom. The number of hydrogen-bond acceptors (Lipinski definition) is 4. The predicted molar refractivity (Wildman–Crippen MR) is 86.3 cm³/mol. The summed E-state index contributed by atoms with van der Waals surface area (Å²) in [5, 5.41) is 0.381. The Labute approximate surface area is 135 Å². The molecule has 1 aromatic carbocycles. The molecule has 1 fully saturated rings. The van der Waals surface area contributed by atoms with Crippen molar-refractivity contribution in [1.29, 1.82) is 0 Å². The lowest BCUT2D eigenvalue weighted by Crippen LogP contribution is -2.53. The molecule has 5 nitrogen and oxygen atoms in total. The molecule has 0 aromatic heterocycles. The van der Waals surface area contributed by atoms with Crippen molar-refractivity contribution in [1.82, 2.24) is 9.21 Å². The van der Waals surface area contributed by atoms with E-state index in [0.717, 1.165) is 6.54 Å². The largest absolute Gasteiger partial charge is 0.398 e. The van der Waals surface area contributed by atoms with Crippen LogP contribution in [0.2, 0.25) is 10.0 Å². The zero-order chi connectivity index (χ0) is 15.8. The topological polar surface area (TPSA) is 66.6 Å². The van der Waals surface area contributed by atoms with Crippen molar-refractivity contribution < 1.29 is 8.42 Å². The van der Waals surface area contributed by atoms with Gasteiger partial charge in [-0.2, -0.15) is 4.31 Å². The Kier molecular flexibility index (Phi) is 5.05. The third-order valence-corrected chi connectivity index (χ3v) is 6.38. The van der Waals surface area contributed by atoms with E-state index in [-0.39, 0.29) is 21.6 Å². The highest BCUT2D eigenvalue weighted by Crippen LogP contribution is 2.33. The normalized spacial score (nSPS) is 21.6. The lowest BCUT2D eigenvalue weighted by Gasteiger charge is -2.38. The van der Waals surface area contributed by atoms with Gasteiger partial charge in [0, 0.05) is 30.7 Å². The number of nitrogens with zero attached hydrogens (tertiary/aromatic N) is 2. The van der Waals surface area contributed by atoms with Crippen LogP contribution in [0.1, 0.15) is 13.8 Å². The molecular weight excluding hydrogens is 333 g/mol. The first kappa shape index (κ1) is 16.8. The van der Waals surface area contributed by atoms with Gasteiger partial charge in [-0.25, -0.2) is 8.42 Å². The fourth-order valence-corrected chi connectivity index (χ4v) is 5.09. The summed E-state index contributed by atoms with van der Waals surface area (Å²) in [5.41, 5.74) is 5.90. The molecule has 21 heavy (non-hydrogen) atoms. The first-order chi connectivity index (χ1) is 9.77. The highest BCUT2D eigenvalue weighted by molar-refractivity contribution is 7.89. The third kappa shape index (κ3) is 3.29. The van der Waals surface area contributed by atoms with E-state index in [1.807, 2.05) is 6.92 Å². The van der Waals surface area contributed by atoms with Gasteiger partial charge >= 0.3 is 0 Å². The number of piperazine rings is 1. The van der Waals surface area contributed by atoms with E-state index < -0.39 is 10.0 Å². The number of nitrogens with two attached hydrogens (primary N) is 1. The van der Waals surface area contributed by atoms with Gasteiger partial charge in [0.2, 0.25) is 10.0 Å². The number of nitrogen functional groups attached to an aromatic ring is 1. The average molecular weight is 352 g/mol. The molecule has 0 spiro atoms. The van der Waals surface area contributed by atoms with Crippen LogP contribution in [0.25, 0.3) is 0 Å². The number of sulfonamides is 1. The highest BCUT2D eigenvalue weighted by Gasteiger charge is 2.34. The summed E-state index contributed by atoms with van der Waals surface area (Å²) in [7, 11) is -3.71. The molecule has 0 amide bonds. The molecule has 1 aromatic rings. The number of hydrogen-bond donors (Lipinski definition) is 1. The monoisotopic (exact) mass is 351 g/mol. The van der Waals surface area contributed by atoms with Gasteiger partial charge in [0.25, 0.3) is 0 Å². The number of likely N-dealkylation sites (N-methyl/N-ethyl adjacent to an activating group) is 1. The Balaban J connectivity index is 2.36. The molecule has 0 bridgehead atoms. The van der Waals surface area contributed by atoms with Gasteiger partial charge < -0.3 is 5.73 Å². The van der Waals surface area contributed by atoms with E-state index in [0.29, 0.717) is 24.7 Å². The van der Waals surface area contributed by atoms with Gasteiger partial charge in [0.1, 0.15) is 4.90 Å². The maximum Gasteiger partial charge on any atom is 0.246 e. The minimum atomic E-state index is -3.71. The molecule has 1 heterocycles. The average Bonchev–Trinajstić information content (AvgIpc) is 2.36. The third-order valence-electron chi connectivity index (χ3n) is 3.77. The van der Waals surface area contributed by atoms with Gasteiger partial charge in [0.05, 0.1) is 10.7 Å². The quantitative estimate of drug-likeness (QED) is 0.848. The first-order valence-corrected chi connectivity index (χ1v) is 8.95. The second kappa shape index (κ2) is 6.30. The maximum absolute atomic E-state index is 12.8. The van der Waals surface area contributed by atoms with Crippen LogP contribution in [0.3, 0.4) is 0 Å². The fourth-order valence-electron chi connectivity index (χ4n) is 2.63. The van der Waals surface area contributed by atoms with Gasteiger partial charge in [-0.15, -0.1) is 0 Å². The highest BCUT2D eigenvalue weighted by atomic mass is 35.5. The Morgan fingerprint density at radius 3 is 2.52 bits per heavy atom. The Morgan fingerprint density at radius 1 is 1.33 bits per heavy atom. The molecule has 118 valence electrons. The van der Waals surface area contributed by atoms with Crippen molar-refractivity contribution in [3.8, 4) is 0 Å². The maximum atomic E-state index is 12.8. The van der Waals surface area contributed by atoms with Crippen molar-refractivity contribution in [2.24, 2.45) is 0 Å². The molecule has 0 aliphatic carbocycles. The van der Waals surface area contributed by atoms with Crippen molar-refractivity contribution in [3.05, 3.63) is 22.2 Å². The zero-order valence-electron chi connectivity index (χ0n) is 12.0. The Hall–Kier alpha value is -0.530. The van der Waals surface area contributed by atoms with E-state index in [2.05, 4.69) is 11.8 Å². The van der Waals surface area contributed by atoms with Crippen molar-refractivity contribution >= 4 is 38.9 Å². The minimum absolute atomic E-state index is 0.0503. The van der Waals surface area contributed by atoms with Crippen molar-refractivity contribution in [3.63, 3.8) is 0 Å². The molecule has 8 heteroatoms. The number of anilines is 1. The van der Waals surface area contributed by atoms with Crippen LogP contribution in [0.15, 0.2) is 17.0 Å². The summed E-state index contributed by atoms with van der Waals surface area (Å²) in [6.07, 6.45) is 0. The molecule has 0 radical (unpaired) electrons. The smallest absolute Gasteiger partial charge is 0.246 e. The summed E-state index contributed by atoms with van der Waals surface area (Å²) < 4.78 is 27.0. The molecule has 1 saturated heterocycles. The molecule has 1 unspecified atom stereocenters. The predicted octanol–water partition coefficient (Wildman–Crippen LogP) is 2.29. The van der Waals surface area contributed by atoms with Crippen LogP contribution in [0, 0.1) is 0 Å². The second-order valence-electron chi connectivity index (χ2n) is 5.15. The van der Waals surface area contributed by atoms with E-state index in [4.69, 9.17) is 28.9 Å². The minimum Gasteiger partial charge on any atom is -0.398 e. The van der Waals surface area contributed by atoms with Crippen LogP contribution in [0.5, 0.6) is 0 Å². The summed E-state index contributed by atoms with van der Waals surface area (Å²) in [5.74, 6) is 0. The van der Waals surface area contributed by atoms with Crippen molar-refractivity contribution in [2.75, 3.05) is 31.9 Å². The molecule has 2 N–H and O–H groups in total. The summed E-state index contributed by atoms with van der Waals surface area (Å²) in [6.45, 7) is 6.53. The number of halogens is 2. The standard InChI is InChI=1S/C13H19Cl2N3O2S/c1-3-17-4-5-18(8-9(17)2)21(19,20)13-11(15)6-10(14)7-12(13)16/h6-7,9H,3-5,8,16H2,1-2H3. The summed E-state index contributed by atoms with van der Waals surface area (Å²) in [6, 6.07) is 2.97. The van der Waals surface area contributed by atoms with Crippen LogP contribution in [0.4, 0.5) is 5.69 Å². The molecule has 2 rings (SSSR count). The lowest BCUT2D eigenvalue weighted by atomic mass is 10.2. The summed E-state index contributed by atoms with van der Waals surface area (Å²) in [4.78, 5) is 2.18. The lowest BCUT2D eigenvalue weighted by molar-refractivity contribution is 0.136. The van der Waals surface area contributed by atoms with Gasteiger partial charge in [-0.1, -0.05) is 30.1 Å².